The topological polar surface area (TPSA) is 62.4 Å². The first kappa shape index (κ1) is 20.3. The first-order chi connectivity index (χ1) is 14.0. The molecule has 5 nitrogen and oxygen atoms in total. The van der Waals surface area contributed by atoms with Crippen molar-refractivity contribution >= 4 is 40.3 Å². The minimum Gasteiger partial charge on any atom is -0.494 e. The molecule has 1 amide bonds. The molecule has 0 saturated heterocycles. The van der Waals surface area contributed by atoms with Crippen molar-refractivity contribution in [1.29, 1.82) is 0 Å². The number of halogens is 1. The Morgan fingerprint density at radius 1 is 0.897 bits per heavy atom. The average Bonchev–Trinajstić information content (AvgIpc) is 2.72. The van der Waals surface area contributed by atoms with Gasteiger partial charge in [-0.15, -0.1) is 0 Å². The number of anilines is 3. The van der Waals surface area contributed by atoms with E-state index in [1.165, 1.54) is 6.07 Å². The van der Waals surface area contributed by atoms with Crippen molar-refractivity contribution in [3.63, 3.8) is 0 Å². The Morgan fingerprint density at radius 3 is 2.17 bits per heavy atom. The van der Waals surface area contributed by atoms with Crippen LogP contribution in [-0.4, -0.2) is 17.6 Å². The minimum absolute atomic E-state index is 0.229. The SMILES string of the molecule is CCOc1ccc(NC(=O)c2ccc(NC(=S)Nc3ccccc3F)cc2)cc1. The predicted molar refractivity (Wildman–Crippen MR) is 118 cm³/mol. The molecule has 0 atom stereocenters. The van der Waals surface area contributed by atoms with Gasteiger partial charge in [-0.05, 0) is 79.8 Å². The molecule has 148 valence electrons. The largest absolute Gasteiger partial charge is 0.494 e. The van der Waals surface area contributed by atoms with Gasteiger partial charge in [0, 0.05) is 16.9 Å². The lowest BCUT2D eigenvalue weighted by molar-refractivity contribution is 0.102. The van der Waals surface area contributed by atoms with E-state index in [1.54, 1.807) is 66.7 Å². The third-order valence-electron chi connectivity index (χ3n) is 3.95. The molecule has 0 spiro atoms. The Morgan fingerprint density at radius 2 is 1.52 bits per heavy atom. The first-order valence-electron chi connectivity index (χ1n) is 9.02. The smallest absolute Gasteiger partial charge is 0.255 e. The van der Waals surface area contributed by atoms with Crippen molar-refractivity contribution in [2.45, 2.75) is 6.92 Å². The zero-order chi connectivity index (χ0) is 20.6. The third kappa shape index (κ3) is 5.76. The van der Waals surface area contributed by atoms with Crippen molar-refractivity contribution in [2.75, 3.05) is 22.6 Å². The summed E-state index contributed by atoms with van der Waals surface area (Å²) in [6.45, 7) is 2.50. The van der Waals surface area contributed by atoms with Gasteiger partial charge in [-0.3, -0.25) is 4.79 Å². The Kier molecular flexibility index (Phi) is 6.76. The van der Waals surface area contributed by atoms with Gasteiger partial charge in [0.15, 0.2) is 5.11 Å². The number of ether oxygens (including phenoxy) is 1. The summed E-state index contributed by atoms with van der Waals surface area (Å²) in [4.78, 5) is 12.4. The lowest BCUT2D eigenvalue weighted by atomic mass is 10.2. The van der Waals surface area contributed by atoms with E-state index in [1.807, 2.05) is 6.92 Å². The Hall–Kier alpha value is -3.45. The Bertz CT molecular complexity index is 992. The summed E-state index contributed by atoms with van der Waals surface area (Å²) < 4.78 is 19.1. The van der Waals surface area contributed by atoms with E-state index in [2.05, 4.69) is 16.0 Å². The van der Waals surface area contributed by atoms with Crippen LogP contribution in [0.5, 0.6) is 5.75 Å². The van der Waals surface area contributed by atoms with Gasteiger partial charge in [-0.1, -0.05) is 12.1 Å². The molecule has 3 aromatic carbocycles. The summed E-state index contributed by atoms with van der Waals surface area (Å²) in [7, 11) is 0. The molecule has 29 heavy (non-hydrogen) atoms. The number of amides is 1. The maximum absolute atomic E-state index is 13.7. The van der Waals surface area contributed by atoms with Gasteiger partial charge in [0.25, 0.3) is 5.91 Å². The average molecular weight is 409 g/mol. The zero-order valence-electron chi connectivity index (χ0n) is 15.7. The number of benzene rings is 3. The van der Waals surface area contributed by atoms with E-state index in [9.17, 15) is 9.18 Å². The van der Waals surface area contributed by atoms with Crippen LogP contribution >= 0.6 is 12.2 Å². The van der Waals surface area contributed by atoms with E-state index in [4.69, 9.17) is 17.0 Å². The van der Waals surface area contributed by atoms with E-state index in [0.717, 1.165) is 5.75 Å². The summed E-state index contributed by atoms with van der Waals surface area (Å²) in [6.07, 6.45) is 0. The van der Waals surface area contributed by atoms with Gasteiger partial charge in [0.1, 0.15) is 11.6 Å². The predicted octanol–water partition coefficient (Wildman–Crippen LogP) is 5.29. The second-order valence-corrected chi connectivity index (χ2v) is 6.46. The highest BCUT2D eigenvalue weighted by molar-refractivity contribution is 7.80. The standard InChI is InChI=1S/C22H20FN3O2S/c1-2-28-18-13-11-16(12-14-18)24-21(27)15-7-9-17(10-8-15)25-22(29)26-20-6-4-3-5-19(20)23/h3-14H,2H2,1H3,(H,24,27)(H2,25,26,29). The van der Waals surface area contributed by atoms with Gasteiger partial charge < -0.3 is 20.7 Å². The van der Waals surface area contributed by atoms with Gasteiger partial charge >= 0.3 is 0 Å². The second-order valence-electron chi connectivity index (χ2n) is 6.05. The van der Waals surface area contributed by atoms with Gasteiger partial charge in [-0.2, -0.15) is 0 Å². The lowest BCUT2D eigenvalue weighted by Crippen LogP contribution is -2.20. The van der Waals surface area contributed by atoms with Gasteiger partial charge in [-0.25, -0.2) is 4.39 Å². The van der Waals surface area contributed by atoms with Crippen LogP contribution in [0.2, 0.25) is 0 Å². The van der Waals surface area contributed by atoms with Gasteiger partial charge in [0.05, 0.1) is 12.3 Å². The molecule has 0 fully saturated rings. The number of hydrogen-bond acceptors (Lipinski definition) is 3. The number of thiocarbonyl (C=S) groups is 1. The van der Waals surface area contributed by atoms with E-state index in [-0.39, 0.29) is 16.7 Å². The second kappa shape index (κ2) is 9.66. The molecule has 0 saturated carbocycles. The normalized spacial score (nSPS) is 10.1. The number of hydrogen-bond donors (Lipinski definition) is 3. The Balaban J connectivity index is 1.57. The molecule has 0 bridgehead atoms. The fourth-order valence-electron chi connectivity index (χ4n) is 2.56. The fraction of sp³-hybridized carbons (Fsp3) is 0.0909. The van der Waals surface area contributed by atoms with Crippen molar-refractivity contribution in [2.24, 2.45) is 0 Å². The molecular weight excluding hydrogens is 389 g/mol. The molecule has 0 aliphatic heterocycles. The van der Waals surface area contributed by atoms with Crippen LogP contribution in [-0.2, 0) is 0 Å². The summed E-state index contributed by atoms with van der Waals surface area (Å²) in [5.74, 6) is 0.131. The highest BCUT2D eigenvalue weighted by Gasteiger charge is 2.08. The summed E-state index contributed by atoms with van der Waals surface area (Å²) >= 11 is 5.20. The van der Waals surface area contributed by atoms with Crippen LogP contribution in [0.25, 0.3) is 0 Å². The molecule has 3 rings (SSSR count). The maximum atomic E-state index is 13.7. The molecule has 0 aliphatic rings. The van der Waals surface area contributed by atoms with E-state index in [0.29, 0.717) is 23.5 Å². The molecule has 7 heteroatoms. The summed E-state index contributed by atoms with van der Waals surface area (Å²) in [5.41, 5.74) is 2.14. The van der Waals surface area contributed by atoms with Crippen molar-refractivity contribution in [3.8, 4) is 5.75 Å². The summed E-state index contributed by atoms with van der Waals surface area (Å²) in [5, 5.41) is 8.84. The van der Waals surface area contributed by atoms with Crippen LogP contribution in [0.1, 0.15) is 17.3 Å². The molecule has 3 aromatic rings. The molecule has 0 aromatic heterocycles. The number of para-hydroxylation sites is 1. The maximum Gasteiger partial charge on any atom is 0.255 e. The number of nitrogens with one attached hydrogen (secondary N) is 3. The van der Waals surface area contributed by atoms with Crippen molar-refractivity contribution in [1.82, 2.24) is 0 Å². The molecule has 3 N–H and O–H groups in total. The molecule has 0 heterocycles. The fourth-order valence-corrected chi connectivity index (χ4v) is 2.78. The minimum atomic E-state index is -0.391. The number of carbonyl (C=O) groups excluding carboxylic acids is 1. The number of carbonyl (C=O) groups is 1. The van der Waals surface area contributed by atoms with Crippen LogP contribution in [0.3, 0.4) is 0 Å². The highest BCUT2D eigenvalue weighted by atomic mass is 32.1. The van der Waals surface area contributed by atoms with Crippen molar-refractivity contribution in [3.05, 3.63) is 84.2 Å². The van der Waals surface area contributed by atoms with Crippen LogP contribution in [0, 0.1) is 5.82 Å². The quantitative estimate of drug-likeness (QED) is 0.483. The van der Waals surface area contributed by atoms with Crippen molar-refractivity contribution < 1.29 is 13.9 Å². The van der Waals surface area contributed by atoms with Crippen LogP contribution in [0.4, 0.5) is 21.5 Å². The zero-order valence-corrected chi connectivity index (χ0v) is 16.6. The Labute approximate surface area is 173 Å². The monoisotopic (exact) mass is 409 g/mol. The third-order valence-corrected chi connectivity index (χ3v) is 4.15. The van der Waals surface area contributed by atoms with E-state index >= 15 is 0 Å². The molecular formula is C22H20FN3O2S. The molecule has 0 radical (unpaired) electrons. The molecule has 0 aliphatic carbocycles. The van der Waals surface area contributed by atoms with Crippen LogP contribution in [0.15, 0.2) is 72.8 Å². The first-order valence-corrected chi connectivity index (χ1v) is 9.43. The number of rotatable bonds is 6. The lowest BCUT2D eigenvalue weighted by Gasteiger charge is -2.12. The van der Waals surface area contributed by atoms with Crippen LogP contribution < -0.4 is 20.7 Å². The van der Waals surface area contributed by atoms with Gasteiger partial charge in [0.2, 0.25) is 0 Å². The molecule has 0 unspecified atom stereocenters. The summed E-state index contributed by atoms with van der Waals surface area (Å²) in [6, 6.07) is 20.2. The highest BCUT2D eigenvalue weighted by Crippen LogP contribution is 2.18. The van der Waals surface area contributed by atoms with E-state index < -0.39 is 5.82 Å².